The molecule has 1 rings (SSSR count). The average Bonchev–Trinajstić information content (AvgIpc) is 2.06. The fourth-order valence-electron chi connectivity index (χ4n) is 2.00. The molecule has 1 aliphatic rings. The normalized spacial score (nSPS) is 22.1. The number of hydrogen-bond donors (Lipinski definition) is 2. The fraction of sp³-hybridized carbons (Fsp3) is 0.889. The lowest BCUT2D eigenvalue weighted by molar-refractivity contribution is -0.129. The number of nitrogens with one attached hydrogen (secondary N) is 1. The van der Waals surface area contributed by atoms with E-state index in [2.05, 4.69) is 12.2 Å². The van der Waals surface area contributed by atoms with Crippen molar-refractivity contribution in [1.82, 2.24) is 5.32 Å². The number of piperidine rings is 1. The molecule has 0 radical (unpaired) electrons. The Kier molecular flexibility index (Phi) is 3.09. The number of carbonyl (C=O) groups excluding carboxylic acids is 1. The van der Waals surface area contributed by atoms with Gasteiger partial charge in [0.2, 0.25) is 5.91 Å². The second kappa shape index (κ2) is 3.90. The van der Waals surface area contributed by atoms with Crippen molar-refractivity contribution in [2.24, 2.45) is 11.1 Å². The highest BCUT2D eigenvalue weighted by Gasteiger charge is 2.36. The molecule has 3 heteroatoms. The zero-order valence-corrected chi connectivity index (χ0v) is 7.73. The third kappa shape index (κ3) is 1.78. The molecule has 0 aromatic carbocycles. The Morgan fingerprint density at radius 3 is 2.50 bits per heavy atom. The van der Waals surface area contributed by atoms with E-state index in [1.54, 1.807) is 0 Å². The Morgan fingerprint density at radius 1 is 1.50 bits per heavy atom. The van der Waals surface area contributed by atoms with E-state index in [4.69, 9.17) is 5.73 Å². The summed E-state index contributed by atoms with van der Waals surface area (Å²) >= 11 is 0. The molecule has 0 aromatic heterocycles. The number of hydrogen-bond acceptors (Lipinski definition) is 2. The maximum atomic E-state index is 11.3. The topological polar surface area (TPSA) is 55.1 Å². The summed E-state index contributed by atoms with van der Waals surface area (Å²) in [4.78, 5) is 11.3. The Morgan fingerprint density at radius 2 is 2.08 bits per heavy atom. The summed E-state index contributed by atoms with van der Waals surface area (Å²) in [7, 11) is 0. The highest BCUT2D eigenvalue weighted by molar-refractivity contribution is 5.80. The number of carbonyl (C=O) groups is 1. The molecule has 0 spiro atoms. The Balaban J connectivity index is 2.63. The fourth-order valence-corrected chi connectivity index (χ4v) is 2.00. The van der Waals surface area contributed by atoms with Crippen LogP contribution in [0, 0.1) is 5.41 Å². The van der Waals surface area contributed by atoms with Crippen molar-refractivity contribution in [1.29, 1.82) is 0 Å². The zero-order valence-electron chi connectivity index (χ0n) is 7.73. The molecule has 0 aliphatic carbocycles. The van der Waals surface area contributed by atoms with Gasteiger partial charge in [-0.15, -0.1) is 0 Å². The second-order valence-electron chi connectivity index (χ2n) is 3.64. The van der Waals surface area contributed by atoms with E-state index in [9.17, 15) is 4.79 Å². The lowest BCUT2D eigenvalue weighted by Crippen LogP contribution is -2.45. The minimum Gasteiger partial charge on any atom is -0.369 e. The van der Waals surface area contributed by atoms with Gasteiger partial charge in [0, 0.05) is 0 Å². The molecule has 1 aliphatic heterocycles. The third-order valence-electron chi connectivity index (χ3n) is 2.81. The van der Waals surface area contributed by atoms with Crippen LogP contribution in [0.15, 0.2) is 0 Å². The maximum Gasteiger partial charge on any atom is 0.223 e. The zero-order chi connectivity index (χ0) is 9.03. The van der Waals surface area contributed by atoms with Crippen molar-refractivity contribution in [3.8, 4) is 0 Å². The van der Waals surface area contributed by atoms with Crippen LogP contribution in [-0.4, -0.2) is 19.0 Å². The van der Waals surface area contributed by atoms with Gasteiger partial charge in [-0.2, -0.15) is 0 Å². The van der Waals surface area contributed by atoms with E-state index < -0.39 is 0 Å². The molecule has 1 amide bonds. The maximum absolute atomic E-state index is 11.3. The molecule has 1 saturated heterocycles. The van der Waals surface area contributed by atoms with Gasteiger partial charge < -0.3 is 11.1 Å². The molecule has 3 N–H and O–H groups in total. The molecule has 70 valence electrons. The highest BCUT2D eigenvalue weighted by Crippen LogP contribution is 2.33. The number of rotatable bonds is 3. The van der Waals surface area contributed by atoms with Crippen molar-refractivity contribution in [3.05, 3.63) is 0 Å². The Bertz CT molecular complexity index is 156. The van der Waals surface area contributed by atoms with E-state index >= 15 is 0 Å². The molecule has 0 aromatic rings. The van der Waals surface area contributed by atoms with Crippen LogP contribution in [0.5, 0.6) is 0 Å². The smallest absolute Gasteiger partial charge is 0.223 e. The first-order chi connectivity index (χ1) is 5.71. The monoisotopic (exact) mass is 170 g/mol. The van der Waals surface area contributed by atoms with Gasteiger partial charge in [-0.25, -0.2) is 0 Å². The number of nitrogens with two attached hydrogens (primary N) is 1. The molecule has 1 heterocycles. The molecule has 12 heavy (non-hydrogen) atoms. The van der Waals surface area contributed by atoms with Gasteiger partial charge in [0.05, 0.1) is 5.41 Å². The average molecular weight is 170 g/mol. The van der Waals surface area contributed by atoms with Gasteiger partial charge in [-0.1, -0.05) is 13.3 Å². The third-order valence-corrected chi connectivity index (χ3v) is 2.81. The van der Waals surface area contributed by atoms with Gasteiger partial charge in [0.25, 0.3) is 0 Å². The second-order valence-corrected chi connectivity index (χ2v) is 3.64. The summed E-state index contributed by atoms with van der Waals surface area (Å²) in [5.41, 5.74) is 5.23. The standard InChI is InChI=1S/C9H18N2O/c1-2-3-9(8(10)12)4-6-11-7-5-9/h11H,2-7H2,1H3,(H2,10,12). The largest absolute Gasteiger partial charge is 0.369 e. The first-order valence-corrected chi connectivity index (χ1v) is 4.72. The van der Waals surface area contributed by atoms with Crippen molar-refractivity contribution in [2.45, 2.75) is 32.6 Å². The lowest BCUT2D eigenvalue weighted by Gasteiger charge is -2.34. The molecule has 1 fully saturated rings. The molecule has 0 saturated carbocycles. The summed E-state index contributed by atoms with van der Waals surface area (Å²) in [5.74, 6) is -0.106. The molecule has 0 unspecified atom stereocenters. The van der Waals surface area contributed by atoms with E-state index in [-0.39, 0.29) is 11.3 Å². The minimum atomic E-state index is -0.194. The summed E-state index contributed by atoms with van der Waals surface area (Å²) in [5, 5.41) is 3.24. The van der Waals surface area contributed by atoms with Crippen LogP contribution in [0.2, 0.25) is 0 Å². The summed E-state index contributed by atoms with van der Waals surface area (Å²) in [6, 6.07) is 0. The molecule has 3 nitrogen and oxygen atoms in total. The van der Waals surface area contributed by atoms with Crippen molar-refractivity contribution in [3.63, 3.8) is 0 Å². The lowest BCUT2D eigenvalue weighted by atomic mass is 9.75. The summed E-state index contributed by atoms with van der Waals surface area (Å²) < 4.78 is 0. The van der Waals surface area contributed by atoms with Crippen molar-refractivity contribution >= 4 is 5.91 Å². The van der Waals surface area contributed by atoms with E-state index in [1.165, 1.54) is 0 Å². The van der Waals surface area contributed by atoms with Gasteiger partial charge in [-0.3, -0.25) is 4.79 Å². The highest BCUT2D eigenvalue weighted by atomic mass is 16.1. The SMILES string of the molecule is CCCC1(C(N)=O)CCNCC1. The molecular formula is C9H18N2O. The number of primary amides is 1. The van der Waals surface area contributed by atoms with Crippen molar-refractivity contribution in [2.75, 3.05) is 13.1 Å². The van der Waals surface area contributed by atoms with Gasteiger partial charge in [0.15, 0.2) is 0 Å². The molecule has 0 bridgehead atoms. The first kappa shape index (κ1) is 9.52. The first-order valence-electron chi connectivity index (χ1n) is 4.72. The van der Waals surface area contributed by atoms with Crippen LogP contribution in [-0.2, 0) is 4.79 Å². The van der Waals surface area contributed by atoms with Gasteiger partial charge in [0.1, 0.15) is 0 Å². The van der Waals surface area contributed by atoms with E-state index in [0.29, 0.717) is 0 Å². The predicted octanol–water partition coefficient (Wildman–Crippen LogP) is 0.642. The molecule has 0 atom stereocenters. The van der Waals surface area contributed by atoms with Gasteiger partial charge >= 0.3 is 0 Å². The van der Waals surface area contributed by atoms with E-state index in [0.717, 1.165) is 38.8 Å². The predicted molar refractivity (Wildman–Crippen MR) is 48.6 cm³/mol. The van der Waals surface area contributed by atoms with Crippen LogP contribution in [0.3, 0.4) is 0 Å². The quantitative estimate of drug-likeness (QED) is 0.653. The Hall–Kier alpha value is -0.570. The Labute approximate surface area is 73.7 Å². The molecular weight excluding hydrogens is 152 g/mol. The van der Waals surface area contributed by atoms with Crippen LogP contribution in [0.1, 0.15) is 32.6 Å². The van der Waals surface area contributed by atoms with E-state index in [1.807, 2.05) is 0 Å². The number of amides is 1. The van der Waals surface area contributed by atoms with Crippen LogP contribution < -0.4 is 11.1 Å². The van der Waals surface area contributed by atoms with Crippen LogP contribution >= 0.6 is 0 Å². The van der Waals surface area contributed by atoms with Crippen LogP contribution in [0.25, 0.3) is 0 Å². The van der Waals surface area contributed by atoms with Crippen molar-refractivity contribution < 1.29 is 4.79 Å². The summed E-state index contributed by atoms with van der Waals surface area (Å²) in [6.07, 6.45) is 3.82. The van der Waals surface area contributed by atoms with Gasteiger partial charge in [-0.05, 0) is 32.4 Å². The summed E-state index contributed by atoms with van der Waals surface area (Å²) in [6.45, 7) is 3.97. The van der Waals surface area contributed by atoms with Crippen LogP contribution in [0.4, 0.5) is 0 Å². The minimum absolute atomic E-state index is 0.106.